The zero-order chi connectivity index (χ0) is 9.31. The average Bonchev–Trinajstić information content (AvgIpc) is 2.03. The summed E-state index contributed by atoms with van der Waals surface area (Å²) in [5, 5.41) is 0. The predicted molar refractivity (Wildman–Crippen MR) is 49.3 cm³/mol. The van der Waals surface area contributed by atoms with Gasteiger partial charge in [0.2, 0.25) is 0 Å². The molecular weight excluding hydrogens is 164 g/mol. The van der Waals surface area contributed by atoms with E-state index in [4.69, 9.17) is 4.74 Å². The molecule has 1 heterocycles. The van der Waals surface area contributed by atoms with E-state index < -0.39 is 0 Å². The number of carbonyl (C=O) groups is 1. The fourth-order valence-corrected chi connectivity index (χ4v) is 1.70. The lowest BCUT2D eigenvalue weighted by Crippen LogP contribution is -2.46. The van der Waals surface area contributed by atoms with Crippen LogP contribution in [0.2, 0.25) is 0 Å². The van der Waals surface area contributed by atoms with E-state index in [1.807, 2.05) is 25.1 Å². The first-order valence-electron chi connectivity index (χ1n) is 4.44. The van der Waals surface area contributed by atoms with Gasteiger partial charge in [-0.15, -0.1) is 0 Å². The molecule has 1 saturated heterocycles. The number of rotatable bonds is 2. The fourth-order valence-electron chi connectivity index (χ4n) is 1.70. The van der Waals surface area contributed by atoms with Gasteiger partial charge >= 0.3 is 5.97 Å². The van der Waals surface area contributed by atoms with Crippen molar-refractivity contribution in [3.05, 3.63) is 35.9 Å². The number of carbonyl (C=O) groups excluding carboxylic acids is 1. The van der Waals surface area contributed by atoms with Crippen LogP contribution in [-0.4, -0.2) is 11.6 Å². The van der Waals surface area contributed by atoms with Gasteiger partial charge in [-0.25, -0.2) is 0 Å². The highest BCUT2D eigenvalue weighted by atomic mass is 16.6. The summed E-state index contributed by atoms with van der Waals surface area (Å²) < 4.78 is 5.09. The maximum absolute atomic E-state index is 10.7. The smallest absolute Gasteiger partial charge is 0.310 e. The number of cyclic esters (lactones) is 1. The van der Waals surface area contributed by atoms with Crippen LogP contribution in [0.25, 0.3) is 0 Å². The highest BCUT2D eigenvalue weighted by molar-refractivity contribution is 5.76. The maximum Gasteiger partial charge on any atom is 0.310 e. The molecule has 1 aliphatic rings. The Kier molecular flexibility index (Phi) is 1.83. The van der Waals surface area contributed by atoms with Gasteiger partial charge in [0, 0.05) is 6.42 Å². The van der Waals surface area contributed by atoms with Crippen molar-refractivity contribution < 1.29 is 9.53 Å². The molecule has 0 aliphatic carbocycles. The molecule has 1 aromatic rings. The summed E-state index contributed by atoms with van der Waals surface area (Å²) in [6.45, 7) is 1.97. The van der Waals surface area contributed by atoms with Gasteiger partial charge in [0.1, 0.15) is 5.60 Å². The Hall–Kier alpha value is -1.31. The Morgan fingerprint density at radius 3 is 2.54 bits per heavy atom. The zero-order valence-electron chi connectivity index (χ0n) is 7.62. The monoisotopic (exact) mass is 176 g/mol. The Morgan fingerprint density at radius 2 is 2.00 bits per heavy atom. The normalized spacial score (nSPS) is 26.4. The molecular formula is C11H12O2. The van der Waals surface area contributed by atoms with E-state index in [0.717, 1.165) is 6.42 Å². The standard InChI is InChI=1S/C11H12O2/c1-11(8-10(12)13-11)7-9-5-3-2-4-6-9/h2-6H,7-8H2,1H3. The highest BCUT2D eigenvalue weighted by Crippen LogP contribution is 2.30. The van der Waals surface area contributed by atoms with Crippen molar-refractivity contribution in [2.45, 2.75) is 25.4 Å². The first-order valence-corrected chi connectivity index (χ1v) is 4.44. The topological polar surface area (TPSA) is 26.3 Å². The van der Waals surface area contributed by atoms with Gasteiger partial charge in [-0.05, 0) is 12.5 Å². The summed E-state index contributed by atoms with van der Waals surface area (Å²) in [6.07, 6.45) is 1.36. The van der Waals surface area contributed by atoms with Gasteiger partial charge in [-0.3, -0.25) is 4.79 Å². The summed E-state index contributed by atoms with van der Waals surface area (Å²) in [6, 6.07) is 10.1. The van der Waals surface area contributed by atoms with E-state index in [9.17, 15) is 4.79 Å². The highest BCUT2D eigenvalue weighted by Gasteiger charge is 2.41. The molecule has 0 radical (unpaired) electrons. The first-order chi connectivity index (χ1) is 6.18. The summed E-state index contributed by atoms with van der Waals surface area (Å²) in [4.78, 5) is 10.7. The van der Waals surface area contributed by atoms with Crippen molar-refractivity contribution in [3.8, 4) is 0 Å². The molecule has 68 valence electrons. The van der Waals surface area contributed by atoms with Crippen LogP contribution in [0, 0.1) is 0 Å². The van der Waals surface area contributed by atoms with Gasteiger partial charge in [0.05, 0.1) is 6.42 Å². The minimum absolute atomic E-state index is 0.0848. The van der Waals surface area contributed by atoms with Crippen LogP contribution >= 0.6 is 0 Å². The molecule has 0 amide bonds. The molecule has 0 N–H and O–H groups in total. The lowest BCUT2D eigenvalue weighted by molar-refractivity contribution is -0.187. The number of hydrogen-bond donors (Lipinski definition) is 0. The summed E-state index contributed by atoms with van der Waals surface area (Å²) in [5.74, 6) is -0.0848. The first kappa shape index (κ1) is 8.30. The molecule has 0 saturated carbocycles. The van der Waals surface area contributed by atoms with Crippen LogP contribution < -0.4 is 0 Å². The SMILES string of the molecule is CC1(Cc2ccccc2)CC(=O)O1. The van der Waals surface area contributed by atoms with E-state index >= 15 is 0 Å². The third-order valence-corrected chi connectivity index (χ3v) is 2.30. The van der Waals surface area contributed by atoms with Crippen LogP contribution in [-0.2, 0) is 16.0 Å². The lowest BCUT2D eigenvalue weighted by atomic mass is 9.89. The van der Waals surface area contributed by atoms with Crippen LogP contribution in [0.4, 0.5) is 0 Å². The zero-order valence-corrected chi connectivity index (χ0v) is 7.62. The molecule has 2 nitrogen and oxygen atoms in total. The van der Waals surface area contributed by atoms with E-state index in [2.05, 4.69) is 12.1 Å². The molecule has 0 spiro atoms. The number of esters is 1. The minimum Gasteiger partial charge on any atom is -0.458 e. The minimum atomic E-state index is -0.252. The molecule has 1 aromatic carbocycles. The van der Waals surface area contributed by atoms with Gasteiger partial charge in [-0.2, -0.15) is 0 Å². The second-order valence-corrected chi connectivity index (χ2v) is 3.76. The molecule has 1 unspecified atom stereocenters. The summed E-state index contributed by atoms with van der Waals surface area (Å²) in [5.41, 5.74) is 0.968. The quantitative estimate of drug-likeness (QED) is 0.643. The van der Waals surface area contributed by atoms with Gasteiger partial charge in [0.15, 0.2) is 0 Å². The average molecular weight is 176 g/mol. The van der Waals surface area contributed by atoms with E-state index in [1.54, 1.807) is 0 Å². The fraction of sp³-hybridized carbons (Fsp3) is 0.364. The van der Waals surface area contributed by atoms with Gasteiger partial charge < -0.3 is 4.74 Å². The summed E-state index contributed by atoms with van der Waals surface area (Å²) >= 11 is 0. The molecule has 1 atom stereocenters. The Morgan fingerprint density at radius 1 is 1.38 bits per heavy atom. The van der Waals surface area contributed by atoms with Crippen LogP contribution in [0.5, 0.6) is 0 Å². The Labute approximate surface area is 77.5 Å². The van der Waals surface area contributed by atoms with Crippen molar-refractivity contribution in [1.82, 2.24) is 0 Å². The summed E-state index contributed by atoms with van der Waals surface area (Å²) in [7, 11) is 0. The number of benzene rings is 1. The molecule has 0 bridgehead atoms. The Balaban J connectivity index is 2.03. The van der Waals surface area contributed by atoms with Crippen LogP contribution in [0.15, 0.2) is 30.3 Å². The van der Waals surface area contributed by atoms with E-state index in [1.165, 1.54) is 5.56 Å². The molecule has 0 aromatic heterocycles. The number of hydrogen-bond acceptors (Lipinski definition) is 2. The molecule has 13 heavy (non-hydrogen) atoms. The third kappa shape index (κ3) is 1.72. The van der Waals surface area contributed by atoms with Crippen LogP contribution in [0.1, 0.15) is 18.9 Å². The van der Waals surface area contributed by atoms with E-state index in [0.29, 0.717) is 6.42 Å². The molecule has 1 fully saturated rings. The lowest BCUT2D eigenvalue weighted by Gasteiger charge is -2.37. The maximum atomic E-state index is 10.7. The van der Waals surface area contributed by atoms with Gasteiger partial charge in [0.25, 0.3) is 0 Å². The number of ether oxygens (including phenoxy) is 1. The van der Waals surface area contributed by atoms with Crippen molar-refractivity contribution in [1.29, 1.82) is 0 Å². The van der Waals surface area contributed by atoms with Crippen LogP contribution in [0.3, 0.4) is 0 Å². The van der Waals surface area contributed by atoms with Crippen molar-refractivity contribution in [2.75, 3.05) is 0 Å². The predicted octanol–water partition coefficient (Wildman–Crippen LogP) is 1.93. The van der Waals surface area contributed by atoms with Gasteiger partial charge in [-0.1, -0.05) is 30.3 Å². The molecule has 2 rings (SSSR count). The second-order valence-electron chi connectivity index (χ2n) is 3.76. The van der Waals surface area contributed by atoms with Crippen molar-refractivity contribution in [3.63, 3.8) is 0 Å². The Bertz CT molecular complexity index is 308. The largest absolute Gasteiger partial charge is 0.458 e. The van der Waals surface area contributed by atoms with E-state index in [-0.39, 0.29) is 11.6 Å². The molecule has 1 aliphatic heterocycles. The third-order valence-electron chi connectivity index (χ3n) is 2.30. The van der Waals surface area contributed by atoms with Crippen molar-refractivity contribution in [2.24, 2.45) is 0 Å². The second kappa shape index (κ2) is 2.87. The van der Waals surface area contributed by atoms with Crippen molar-refractivity contribution >= 4 is 5.97 Å². The molecule has 2 heteroatoms.